The molecular formula is C26H16N4O2. The van der Waals surface area contributed by atoms with E-state index in [2.05, 4.69) is 9.69 Å². The van der Waals surface area contributed by atoms with E-state index < -0.39 is 24.0 Å². The normalized spacial score (nSPS) is 26.9. The van der Waals surface area contributed by atoms with E-state index >= 15 is 0 Å². The van der Waals surface area contributed by atoms with Gasteiger partial charge < -0.3 is 9.47 Å². The minimum atomic E-state index is -0.659. The molecule has 0 saturated heterocycles. The van der Waals surface area contributed by atoms with Gasteiger partial charge in [-0.15, -0.1) is 0 Å². The molecule has 2 aromatic carbocycles. The molecule has 4 atom stereocenters. The van der Waals surface area contributed by atoms with Gasteiger partial charge in [0.05, 0.1) is 25.3 Å². The zero-order valence-electron chi connectivity index (χ0n) is 17.4. The molecule has 0 radical (unpaired) electrons. The lowest BCUT2D eigenvalue weighted by Gasteiger charge is -2.38. The SMILES string of the molecule is [C-]#[N+]/C(C#N)=C1\C2Oc3cc(C)ccc3C2/C(=C(/C#N)[N+]#[C-])C2Oc3cc(C)ccc3C12. The number of aryl methyl sites for hydroxylation is 2. The highest BCUT2D eigenvalue weighted by Crippen LogP contribution is 2.60. The van der Waals surface area contributed by atoms with Gasteiger partial charge in [0, 0.05) is 23.0 Å². The summed E-state index contributed by atoms with van der Waals surface area (Å²) in [6.07, 6.45) is -1.32. The van der Waals surface area contributed by atoms with Crippen LogP contribution in [0.4, 0.5) is 0 Å². The van der Waals surface area contributed by atoms with Crippen LogP contribution in [0, 0.1) is 49.7 Å². The first-order valence-corrected chi connectivity index (χ1v) is 10.1. The monoisotopic (exact) mass is 416 g/mol. The molecule has 152 valence electrons. The summed E-state index contributed by atoms with van der Waals surface area (Å²) in [6, 6.07) is 15.7. The highest BCUT2D eigenvalue weighted by Gasteiger charge is 2.56. The highest BCUT2D eigenvalue weighted by molar-refractivity contribution is 5.64. The van der Waals surface area contributed by atoms with Gasteiger partial charge in [-0.3, -0.25) is 0 Å². The molecule has 5 rings (SSSR count). The molecule has 0 amide bonds. The number of hydrogen-bond acceptors (Lipinski definition) is 4. The van der Waals surface area contributed by atoms with Crippen LogP contribution in [0.1, 0.15) is 34.1 Å². The van der Waals surface area contributed by atoms with E-state index in [9.17, 15) is 10.5 Å². The van der Waals surface area contributed by atoms with Gasteiger partial charge in [0.1, 0.15) is 23.7 Å². The summed E-state index contributed by atoms with van der Waals surface area (Å²) in [7, 11) is 0. The van der Waals surface area contributed by atoms with Crippen molar-refractivity contribution in [3.63, 3.8) is 0 Å². The first-order valence-electron chi connectivity index (χ1n) is 10.1. The third kappa shape index (κ3) is 2.54. The lowest BCUT2D eigenvalue weighted by atomic mass is 9.67. The van der Waals surface area contributed by atoms with Crippen molar-refractivity contribution in [2.75, 3.05) is 0 Å². The van der Waals surface area contributed by atoms with Gasteiger partial charge in [-0.2, -0.15) is 0 Å². The largest absolute Gasteiger partial charge is 0.486 e. The molecule has 32 heavy (non-hydrogen) atoms. The Morgan fingerprint density at radius 3 is 1.53 bits per heavy atom. The average molecular weight is 416 g/mol. The number of nitriles is 2. The van der Waals surface area contributed by atoms with E-state index in [0.29, 0.717) is 22.6 Å². The Hall–Kier alpha value is -4.52. The summed E-state index contributed by atoms with van der Waals surface area (Å²) in [5.74, 6) is 0.324. The molecule has 4 unspecified atom stereocenters. The van der Waals surface area contributed by atoms with Gasteiger partial charge in [0.2, 0.25) is 0 Å². The molecule has 2 aromatic rings. The molecule has 0 N–H and O–H groups in total. The van der Waals surface area contributed by atoms with Crippen LogP contribution in [0.25, 0.3) is 9.69 Å². The first-order chi connectivity index (χ1) is 15.5. The van der Waals surface area contributed by atoms with Gasteiger partial charge in [0.15, 0.2) is 0 Å². The summed E-state index contributed by atoms with van der Waals surface area (Å²) in [5, 5.41) is 19.6. The van der Waals surface area contributed by atoms with E-state index in [-0.39, 0.29) is 11.4 Å². The maximum Gasteiger partial charge on any atom is 0.265 e. The Morgan fingerprint density at radius 1 is 0.781 bits per heavy atom. The number of allylic oxidation sites excluding steroid dienone is 2. The average Bonchev–Trinajstić information content (AvgIpc) is 3.33. The van der Waals surface area contributed by atoms with Crippen LogP contribution in [0.3, 0.4) is 0 Å². The molecule has 0 spiro atoms. The molecule has 6 heteroatoms. The number of hydrogen-bond donors (Lipinski definition) is 0. The van der Waals surface area contributed by atoms with Crippen molar-refractivity contribution in [2.24, 2.45) is 0 Å². The van der Waals surface area contributed by atoms with Crippen molar-refractivity contribution in [1.29, 1.82) is 10.5 Å². The van der Waals surface area contributed by atoms with Crippen molar-refractivity contribution in [3.05, 3.63) is 104 Å². The Balaban J connectivity index is 1.86. The summed E-state index contributed by atoms with van der Waals surface area (Å²) in [6.45, 7) is 19.2. The first kappa shape index (κ1) is 19.4. The number of nitrogens with zero attached hydrogens (tertiary/aromatic N) is 4. The lowest BCUT2D eigenvalue weighted by molar-refractivity contribution is 0.170. The van der Waals surface area contributed by atoms with Crippen LogP contribution in [-0.4, -0.2) is 12.2 Å². The molecule has 6 nitrogen and oxygen atoms in total. The van der Waals surface area contributed by atoms with Crippen molar-refractivity contribution in [1.82, 2.24) is 0 Å². The van der Waals surface area contributed by atoms with Crippen molar-refractivity contribution in [2.45, 2.75) is 37.9 Å². The molecule has 2 aliphatic heterocycles. The topological polar surface area (TPSA) is 74.8 Å². The molecule has 2 heterocycles. The standard InChI is InChI=1S/C26H16N4O2/c1-13-5-7-15-19(9-13)31-25-21(15)23(17(11-27)29-3)26-22(24(25)18(12-28)30-4)16-8-6-14(2)10-20(16)32-26/h5-10,21-22,25-26H,1-2H3/b23-17-,24-18+. The molecule has 0 bridgehead atoms. The highest BCUT2D eigenvalue weighted by atomic mass is 16.5. The van der Waals surface area contributed by atoms with Crippen molar-refractivity contribution < 1.29 is 9.47 Å². The second kappa shape index (κ2) is 7.02. The summed E-state index contributed by atoms with van der Waals surface area (Å²) in [4.78, 5) is 7.05. The fraction of sp³-hybridized carbons (Fsp3) is 0.231. The third-order valence-corrected chi connectivity index (χ3v) is 6.39. The molecule has 1 aliphatic carbocycles. The van der Waals surface area contributed by atoms with Gasteiger partial charge in [0.25, 0.3) is 11.4 Å². The lowest BCUT2D eigenvalue weighted by Crippen LogP contribution is -2.41. The van der Waals surface area contributed by atoms with E-state index in [1.54, 1.807) is 0 Å². The summed E-state index contributed by atoms with van der Waals surface area (Å²) in [5.41, 5.74) is 4.73. The molecule has 1 fully saturated rings. The fourth-order valence-corrected chi connectivity index (χ4v) is 5.11. The Morgan fingerprint density at radius 2 is 1.19 bits per heavy atom. The second-order valence-corrected chi connectivity index (χ2v) is 8.17. The predicted molar refractivity (Wildman–Crippen MR) is 115 cm³/mol. The number of benzene rings is 2. The predicted octanol–water partition coefficient (Wildman–Crippen LogP) is 5.10. The van der Waals surface area contributed by atoms with Crippen LogP contribution >= 0.6 is 0 Å². The third-order valence-electron chi connectivity index (χ3n) is 6.39. The van der Waals surface area contributed by atoms with Crippen LogP contribution < -0.4 is 9.47 Å². The number of fused-ring (bicyclic) bond motifs is 6. The zero-order chi connectivity index (χ0) is 22.6. The maximum atomic E-state index is 9.81. The number of ether oxygens (including phenoxy) is 2. The van der Waals surface area contributed by atoms with Crippen LogP contribution in [-0.2, 0) is 0 Å². The van der Waals surface area contributed by atoms with Gasteiger partial charge in [-0.25, -0.2) is 20.2 Å². The minimum absolute atomic E-state index is 0.0306. The molecule has 0 aromatic heterocycles. The van der Waals surface area contributed by atoms with Crippen LogP contribution in [0.2, 0.25) is 0 Å². The molecule has 1 saturated carbocycles. The van der Waals surface area contributed by atoms with E-state index in [4.69, 9.17) is 22.6 Å². The second-order valence-electron chi connectivity index (χ2n) is 8.17. The van der Waals surface area contributed by atoms with E-state index in [0.717, 1.165) is 22.3 Å². The van der Waals surface area contributed by atoms with Crippen LogP contribution in [0.15, 0.2) is 58.9 Å². The smallest absolute Gasteiger partial charge is 0.265 e. The van der Waals surface area contributed by atoms with E-state index in [1.165, 1.54) is 0 Å². The minimum Gasteiger partial charge on any atom is -0.486 e. The Labute approximate surface area is 185 Å². The summed E-state index contributed by atoms with van der Waals surface area (Å²) < 4.78 is 12.7. The summed E-state index contributed by atoms with van der Waals surface area (Å²) >= 11 is 0. The van der Waals surface area contributed by atoms with E-state index in [1.807, 2.05) is 62.4 Å². The number of rotatable bonds is 0. The Kier molecular flexibility index (Phi) is 4.27. The van der Waals surface area contributed by atoms with Crippen molar-refractivity contribution >= 4 is 0 Å². The van der Waals surface area contributed by atoms with Gasteiger partial charge >= 0.3 is 0 Å². The van der Waals surface area contributed by atoms with Gasteiger partial charge in [-0.1, -0.05) is 24.3 Å². The maximum absolute atomic E-state index is 9.81. The fourth-order valence-electron chi connectivity index (χ4n) is 5.11. The quantitative estimate of drug-likeness (QED) is 0.442. The van der Waals surface area contributed by atoms with Crippen LogP contribution in [0.5, 0.6) is 11.5 Å². The Bertz CT molecular complexity index is 1280. The molecular weight excluding hydrogens is 400 g/mol. The van der Waals surface area contributed by atoms with Gasteiger partial charge in [-0.05, 0) is 48.3 Å². The van der Waals surface area contributed by atoms with Crippen molar-refractivity contribution in [3.8, 4) is 23.6 Å². The molecule has 3 aliphatic rings. The zero-order valence-corrected chi connectivity index (χ0v) is 17.4.